The van der Waals surface area contributed by atoms with E-state index >= 15 is 0 Å². The van der Waals surface area contributed by atoms with Gasteiger partial charge in [-0.3, -0.25) is 14.8 Å². The van der Waals surface area contributed by atoms with Crippen LogP contribution in [0.4, 0.5) is 26.3 Å². The highest BCUT2D eigenvalue weighted by Gasteiger charge is 2.38. The lowest BCUT2D eigenvalue weighted by molar-refractivity contribution is -0.143. The van der Waals surface area contributed by atoms with Crippen molar-refractivity contribution < 1.29 is 31.1 Å². The highest BCUT2D eigenvalue weighted by molar-refractivity contribution is 6.02. The van der Waals surface area contributed by atoms with Gasteiger partial charge in [-0.2, -0.15) is 26.3 Å². The molecule has 3 atom stereocenters. The minimum absolute atomic E-state index is 0.0313. The van der Waals surface area contributed by atoms with Crippen molar-refractivity contribution in [2.75, 3.05) is 0 Å². The highest BCUT2D eigenvalue weighted by Crippen LogP contribution is 2.36. The van der Waals surface area contributed by atoms with E-state index in [4.69, 9.17) is 0 Å². The fraction of sp³-hybridized carbons (Fsp3) is 0.316. The summed E-state index contributed by atoms with van der Waals surface area (Å²) in [7, 11) is 0. The summed E-state index contributed by atoms with van der Waals surface area (Å²) in [5, 5.41) is 8.43. The third-order valence-corrected chi connectivity index (χ3v) is 4.55. The zero-order valence-corrected chi connectivity index (χ0v) is 15.9. The van der Waals surface area contributed by atoms with Crippen LogP contribution in [0.15, 0.2) is 52.9 Å². The van der Waals surface area contributed by atoms with Gasteiger partial charge in [-0.15, -0.1) is 0 Å². The molecule has 31 heavy (non-hydrogen) atoms. The smallest absolute Gasteiger partial charge is 0.378 e. The Morgan fingerprint density at radius 2 is 1.68 bits per heavy atom. The van der Waals surface area contributed by atoms with Crippen LogP contribution in [0.1, 0.15) is 28.4 Å². The monoisotopic (exact) mass is 445 g/mol. The van der Waals surface area contributed by atoms with Crippen molar-refractivity contribution in [3.05, 3.63) is 59.6 Å². The van der Waals surface area contributed by atoms with E-state index in [1.165, 1.54) is 13.1 Å². The molecule has 1 amide bonds. The number of rotatable bonds is 4. The molecule has 3 N–H and O–H groups in total. The number of aliphatic imine (C=N–C) groups is 2. The third-order valence-electron chi connectivity index (χ3n) is 4.55. The van der Waals surface area contributed by atoms with E-state index in [-0.39, 0.29) is 6.07 Å². The number of hydrogen-bond acceptors (Lipinski definition) is 5. The Labute approximate surface area is 172 Å². The van der Waals surface area contributed by atoms with Crippen LogP contribution >= 0.6 is 0 Å². The fourth-order valence-electron chi connectivity index (χ4n) is 3.07. The first-order valence-corrected chi connectivity index (χ1v) is 9.00. The number of hydrogen-bond donors (Lipinski definition) is 3. The average Bonchev–Trinajstić information content (AvgIpc) is 2.72. The first kappa shape index (κ1) is 22.4. The molecule has 12 heteroatoms. The summed E-state index contributed by atoms with van der Waals surface area (Å²) in [4.78, 5) is 21.0. The van der Waals surface area contributed by atoms with Crippen LogP contribution in [0.2, 0.25) is 0 Å². The number of nitrogens with zero attached hydrogens (tertiary/aromatic N) is 2. The van der Waals surface area contributed by atoms with Crippen molar-refractivity contribution in [3.63, 3.8) is 0 Å². The molecule has 3 rings (SSSR count). The molecule has 2 aliphatic rings. The molecule has 2 aliphatic heterocycles. The molecule has 0 saturated carbocycles. The second-order valence-corrected chi connectivity index (χ2v) is 6.77. The fourth-order valence-corrected chi connectivity index (χ4v) is 3.07. The van der Waals surface area contributed by atoms with Crippen LogP contribution < -0.4 is 16.0 Å². The number of carbonyl (C=O) groups excluding carboxylic acids is 1. The van der Waals surface area contributed by atoms with Gasteiger partial charge in [-0.05, 0) is 37.4 Å². The molecular weight excluding hydrogens is 428 g/mol. The molecular formula is C19H17F6N5O. The van der Waals surface area contributed by atoms with E-state index < -0.39 is 53.2 Å². The number of alkyl halides is 6. The van der Waals surface area contributed by atoms with Gasteiger partial charge >= 0.3 is 12.4 Å². The van der Waals surface area contributed by atoms with Crippen LogP contribution in [-0.4, -0.2) is 36.1 Å². The molecule has 6 nitrogen and oxygen atoms in total. The SMILES string of the molecule is CC(NC(=O)c1cc(C(F)(F)F)cc(C(F)(F)F)c1)C1=NC=CNC1C1N=CC=CN1. The van der Waals surface area contributed by atoms with Crippen LogP contribution in [0.5, 0.6) is 0 Å². The van der Waals surface area contributed by atoms with Crippen LogP contribution in [-0.2, 0) is 12.4 Å². The highest BCUT2D eigenvalue weighted by atomic mass is 19.4. The second-order valence-electron chi connectivity index (χ2n) is 6.77. The van der Waals surface area contributed by atoms with Gasteiger partial charge in [0, 0.05) is 24.2 Å². The third kappa shape index (κ3) is 5.25. The summed E-state index contributed by atoms with van der Waals surface area (Å²) >= 11 is 0. The van der Waals surface area contributed by atoms with Crippen molar-refractivity contribution in [2.24, 2.45) is 9.98 Å². The van der Waals surface area contributed by atoms with E-state index in [0.29, 0.717) is 17.8 Å². The molecule has 1 aromatic carbocycles. The van der Waals surface area contributed by atoms with Crippen molar-refractivity contribution in [2.45, 2.75) is 37.5 Å². The standard InChI is InChI=1S/C19H17F6N5O/c1-10(14-15(27-6-5-26-14)16-28-3-2-4-29-16)30-17(31)11-7-12(18(20,21)22)9-13(8-11)19(23,24)25/h2-10,15-16,27-28H,1H3,(H,30,31). The lowest BCUT2D eigenvalue weighted by atomic mass is 10.00. The molecule has 0 radical (unpaired) electrons. The zero-order chi connectivity index (χ0) is 22.8. The summed E-state index contributed by atoms with van der Waals surface area (Å²) in [5.74, 6) is -1.10. The maximum absolute atomic E-state index is 13.1. The van der Waals surface area contributed by atoms with Crippen molar-refractivity contribution in [1.82, 2.24) is 16.0 Å². The minimum Gasteiger partial charge on any atom is -0.378 e. The van der Waals surface area contributed by atoms with Crippen molar-refractivity contribution in [1.29, 1.82) is 0 Å². The maximum atomic E-state index is 13.1. The molecule has 0 aromatic heterocycles. The Hall–Kier alpha value is -3.31. The van der Waals surface area contributed by atoms with Gasteiger partial charge in [0.15, 0.2) is 0 Å². The molecule has 0 aliphatic carbocycles. The van der Waals surface area contributed by atoms with Crippen LogP contribution in [0.3, 0.4) is 0 Å². The lowest BCUT2D eigenvalue weighted by Gasteiger charge is -2.31. The zero-order valence-electron chi connectivity index (χ0n) is 15.9. The Balaban J connectivity index is 1.84. The van der Waals surface area contributed by atoms with Gasteiger partial charge in [0.25, 0.3) is 5.91 Å². The van der Waals surface area contributed by atoms with Gasteiger partial charge in [-0.25, -0.2) is 0 Å². The lowest BCUT2D eigenvalue weighted by Crippen LogP contribution is -2.56. The summed E-state index contributed by atoms with van der Waals surface area (Å²) < 4.78 is 78.3. The van der Waals surface area contributed by atoms with Gasteiger partial charge in [-0.1, -0.05) is 0 Å². The first-order chi connectivity index (χ1) is 14.5. The van der Waals surface area contributed by atoms with Crippen molar-refractivity contribution >= 4 is 17.8 Å². The average molecular weight is 445 g/mol. The Kier molecular flexibility index (Phi) is 6.09. The summed E-state index contributed by atoms with van der Waals surface area (Å²) in [6.45, 7) is 1.52. The van der Waals surface area contributed by atoms with Gasteiger partial charge in [0.2, 0.25) is 0 Å². The van der Waals surface area contributed by atoms with Gasteiger partial charge in [0.05, 0.1) is 22.9 Å². The Morgan fingerprint density at radius 1 is 1.03 bits per heavy atom. The number of halogens is 6. The van der Waals surface area contributed by atoms with Crippen molar-refractivity contribution in [3.8, 4) is 0 Å². The number of allylic oxidation sites excluding steroid dienone is 1. The molecule has 0 spiro atoms. The number of benzene rings is 1. The van der Waals surface area contributed by atoms with Gasteiger partial charge < -0.3 is 16.0 Å². The topological polar surface area (TPSA) is 77.9 Å². The predicted molar refractivity (Wildman–Crippen MR) is 101 cm³/mol. The minimum atomic E-state index is -5.05. The van der Waals surface area contributed by atoms with E-state index in [2.05, 4.69) is 25.9 Å². The molecule has 0 bridgehead atoms. The molecule has 166 valence electrons. The maximum Gasteiger partial charge on any atom is 0.416 e. The molecule has 3 unspecified atom stereocenters. The molecule has 0 saturated heterocycles. The predicted octanol–water partition coefficient (Wildman–Crippen LogP) is 3.24. The van der Waals surface area contributed by atoms with E-state index in [1.54, 1.807) is 24.7 Å². The summed E-state index contributed by atoms with van der Waals surface area (Å²) in [6.07, 6.45) is -2.71. The van der Waals surface area contributed by atoms with Gasteiger partial charge in [0.1, 0.15) is 12.2 Å². The Morgan fingerprint density at radius 3 is 2.23 bits per heavy atom. The van der Waals surface area contributed by atoms with Crippen LogP contribution in [0, 0.1) is 0 Å². The van der Waals surface area contributed by atoms with E-state index in [1.807, 2.05) is 0 Å². The van der Waals surface area contributed by atoms with E-state index in [9.17, 15) is 31.1 Å². The number of amides is 1. The quantitative estimate of drug-likeness (QED) is 0.623. The van der Waals surface area contributed by atoms with E-state index in [0.717, 1.165) is 0 Å². The molecule has 1 aromatic rings. The summed E-state index contributed by atoms with van der Waals surface area (Å²) in [5.41, 5.74) is -3.50. The number of nitrogens with one attached hydrogen (secondary N) is 3. The molecule has 0 fully saturated rings. The summed E-state index contributed by atoms with van der Waals surface area (Å²) in [6, 6.07) is -0.590. The Bertz CT molecular complexity index is 931. The number of carbonyl (C=O) groups is 1. The second kappa shape index (κ2) is 8.44. The normalized spacial score (nSPS) is 21.7. The largest absolute Gasteiger partial charge is 0.416 e. The van der Waals surface area contributed by atoms with Crippen LogP contribution in [0.25, 0.3) is 0 Å². The molecule has 2 heterocycles. The first-order valence-electron chi connectivity index (χ1n) is 9.00.